The predicted molar refractivity (Wildman–Crippen MR) is 526 cm³/mol. The number of fused-ring (bicyclic) bond motifs is 1. The lowest BCUT2D eigenvalue weighted by molar-refractivity contribution is 0.0654. The molecule has 10 heterocycles. The molecule has 6 amide bonds. The number of nitrogens with zero attached hydrogens (tertiary/aromatic N) is 16. The van der Waals surface area contributed by atoms with E-state index in [1.165, 1.54) is 92.5 Å². The number of para-hydroxylation sites is 1. The van der Waals surface area contributed by atoms with Gasteiger partial charge < -0.3 is 54.1 Å². The number of benzene rings is 5. The number of aromatic nitrogens is 13. The second kappa shape index (κ2) is 50.7. The molecule has 9 N–H and O–H groups in total. The van der Waals surface area contributed by atoms with E-state index in [9.17, 15) is 41.9 Å². The van der Waals surface area contributed by atoms with E-state index in [1.807, 2.05) is 125 Å². The summed E-state index contributed by atoms with van der Waals surface area (Å²) >= 11 is 0. The number of furan rings is 1. The highest BCUT2D eigenvalue weighted by Crippen LogP contribution is 2.35. The first-order valence-electron chi connectivity index (χ1n) is 47.7. The number of aliphatic hydroxyl groups excluding tert-OH is 1. The summed E-state index contributed by atoms with van der Waals surface area (Å²) in [5.74, 6) is 1.39. The molecule has 35 heteroatoms. The van der Waals surface area contributed by atoms with Crippen molar-refractivity contribution in [1.29, 1.82) is 0 Å². The van der Waals surface area contributed by atoms with Crippen molar-refractivity contribution in [2.24, 2.45) is 33.5 Å². The minimum Gasteiger partial charge on any atom is -0.462 e. The van der Waals surface area contributed by atoms with Crippen LogP contribution in [-0.4, -0.2) is 213 Å². The third-order valence-electron chi connectivity index (χ3n) is 24.9. The number of amides is 6. The van der Waals surface area contributed by atoms with Crippen molar-refractivity contribution in [2.45, 2.75) is 185 Å². The minimum atomic E-state index is -0.337. The largest absolute Gasteiger partial charge is 0.462 e. The summed E-state index contributed by atoms with van der Waals surface area (Å²) in [5, 5.41) is 53.9. The third kappa shape index (κ3) is 29.7. The molecule has 140 heavy (non-hydrogen) atoms. The molecule has 8 aromatic heterocycles. The summed E-state index contributed by atoms with van der Waals surface area (Å²) in [4.78, 5) is 98.0. The van der Waals surface area contributed by atoms with Gasteiger partial charge in [0.2, 0.25) is 0 Å². The first-order valence-corrected chi connectivity index (χ1v) is 47.7. The van der Waals surface area contributed by atoms with Gasteiger partial charge in [-0.05, 0) is 212 Å². The second-order valence-corrected chi connectivity index (χ2v) is 36.1. The van der Waals surface area contributed by atoms with Crippen LogP contribution in [0.3, 0.4) is 0 Å². The fourth-order valence-corrected chi connectivity index (χ4v) is 16.3. The van der Waals surface area contributed by atoms with Crippen molar-refractivity contribution in [3.63, 3.8) is 0 Å². The fraction of sp³-hybridized carbons (Fsp3) is 0.381. The molecule has 0 spiro atoms. The molecule has 736 valence electrons. The van der Waals surface area contributed by atoms with Gasteiger partial charge in [0.25, 0.3) is 35.4 Å². The number of nitrogens with two attached hydrogens (primary N) is 1. The van der Waals surface area contributed by atoms with Crippen LogP contribution in [0.1, 0.15) is 230 Å². The molecule has 0 radical (unpaired) electrons. The Morgan fingerprint density at radius 1 is 0.436 bits per heavy atom. The molecule has 0 atom stereocenters. The molecule has 3 fully saturated rings. The van der Waals surface area contributed by atoms with Crippen LogP contribution >= 0.6 is 0 Å². The Hall–Kier alpha value is -14.6. The molecule has 3 aliphatic carbocycles. The van der Waals surface area contributed by atoms with Gasteiger partial charge in [0.05, 0.1) is 31.5 Å². The number of hydrogen-bond donors (Lipinski definition) is 8. The number of carbonyl (C=O) groups excluding carboxylic acids is 6. The number of nitrogens with one attached hydrogen (secondary N) is 6. The van der Waals surface area contributed by atoms with E-state index in [0.29, 0.717) is 121 Å². The summed E-state index contributed by atoms with van der Waals surface area (Å²) in [6.07, 6.45) is 20.4. The molecule has 5 aromatic carbocycles. The molecular weight excluding hydrogens is 1780 g/mol. The minimum absolute atomic E-state index is 0.00641. The number of halogens is 3. The summed E-state index contributed by atoms with van der Waals surface area (Å²) < 4.78 is 52.3. The first-order chi connectivity index (χ1) is 67.7. The van der Waals surface area contributed by atoms with Gasteiger partial charge in [-0.2, -0.15) is 30.6 Å². The number of aromatic amines is 6. The van der Waals surface area contributed by atoms with Crippen molar-refractivity contribution in [3.05, 3.63) is 329 Å². The molecule has 0 unspecified atom stereocenters. The number of likely N-dealkylation sites (N-methyl/N-ethyl adjacent to an activating group) is 1. The van der Waals surface area contributed by atoms with Crippen molar-refractivity contribution in [3.8, 4) is 0 Å². The number of carbonyl (C=O) groups is 6. The number of H-pyrrole nitrogens is 6. The second-order valence-electron chi connectivity index (χ2n) is 36.1. The highest BCUT2D eigenvalue weighted by atomic mass is 19.1. The van der Waals surface area contributed by atoms with E-state index in [0.717, 1.165) is 125 Å². The SMILES string of the molecule is CCN(CC)CCN(Cc1ccccc1F)C(=O)c1cc(C)[nH]n1.Cc1cc(C(=O)N(CC2=CCN=C2)Cc2cccc3c2N=CC3)n[nH]1.Cc1cc(C(=O)N(CCC2CC2)Cc2ccccc2F)n[nH]1.Cc1cc(C(=O)N(Cc2ccc(CO)o2)CC2CCC2)n[nH]1.Cc1cc(C(=O)N(Cc2ccccc2CN)CC2CCC2)n[nH]1.Cc1ccc(CN(Cc2cnoc2)C(=O)c2cc(C)[nH]n2)c(F)c1. The number of aryl methyl sites for hydroxylation is 7. The monoisotopic (exact) mass is 1910 g/mol. The molecular formula is C105H126F3N23O9. The van der Waals surface area contributed by atoms with Gasteiger partial charge in [0.1, 0.15) is 76.0 Å². The molecule has 18 rings (SSSR count). The van der Waals surface area contributed by atoms with Gasteiger partial charge in [-0.25, -0.2) is 13.2 Å². The lowest BCUT2D eigenvalue weighted by Gasteiger charge is -2.32. The van der Waals surface area contributed by atoms with Crippen LogP contribution in [0.25, 0.3) is 0 Å². The maximum Gasteiger partial charge on any atom is 0.274 e. The molecule has 32 nitrogen and oxygen atoms in total. The zero-order valence-electron chi connectivity index (χ0n) is 81.0. The van der Waals surface area contributed by atoms with E-state index in [-0.39, 0.29) is 91.4 Å². The number of rotatable bonds is 36. The maximum absolute atomic E-state index is 14.2. The first kappa shape index (κ1) is 103. The average molecular weight is 1910 g/mol. The van der Waals surface area contributed by atoms with Crippen LogP contribution in [0.5, 0.6) is 0 Å². The Bertz CT molecular complexity index is 6340. The van der Waals surface area contributed by atoms with E-state index >= 15 is 0 Å². The Kier molecular flexibility index (Phi) is 37.2. The summed E-state index contributed by atoms with van der Waals surface area (Å²) in [5.41, 5.74) is 22.9. The van der Waals surface area contributed by atoms with Crippen molar-refractivity contribution in [2.75, 3.05) is 58.9 Å². The summed E-state index contributed by atoms with van der Waals surface area (Å²) in [6.45, 7) is 26.4. The standard InChI is InChI=1S/C19H19N5O.C18H25FN4O.C18H24N4O.C17H17FN4O2.C17H20FN3O.C16H21N3O3/c1-13-9-17(23-22-13)19(25)24(11-14-5-7-20-10-14)12-16-4-2-3-15-6-8-21-18(15)16;1-4-22(5-2)10-11-23(13-15-8-6-7-9-16(15)19)18(24)17-12-14(3)20-21-17;1-13-9-17(21-20-13)18(23)22(11-14-5-4-6-14)12-16-8-3-2-7-15(16)10-19;1-11-3-4-14(15(18)5-11)9-22(8-13-7-19-24-10-13)17(23)16-6-12(2)20-21-16;1-12-10-16(20-19-12)17(22)21(9-8-13-6-7-13)11-14-4-2-3-5-15(14)18;1-11-7-15(18-17-11)16(21)19(8-12-3-2-4-12)9-13-5-6-14(10-20)22-13/h2-5,8-10H,6-7,11-12H2,1H3,(H,22,23);6-9,12H,4-5,10-11,13H2,1-3H3,(H,20,21);2-3,7-9,14H,4-6,10-12,19H2,1H3,(H,20,21);3-7,10H,8-9H2,1-2H3,(H,20,21);2-5,10,13H,6-9,11H2,1H3,(H,19,20);5-7,12,20H,2-4,8-10H2,1H3,(H,17,18). The van der Waals surface area contributed by atoms with Crippen LogP contribution in [-0.2, 0) is 65.4 Å². The van der Waals surface area contributed by atoms with Crippen LogP contribution in [0.15, 0.2) is 201 Å². The van der Waals surface area contributed by atoms with Crippen molar-refractivity contribution >= 4 is 53.6 Å². The van der Waals surface area contributed by atoms with Gasteiger partial charge in [0.15, 0.2) is 0 Å². The summed E-state index contributed by atoms with van der Waals surface area (Å²) in [6, 6.07) is 46.3. The van der Waals surface area contributed by atoms with Crippen molar-refractivity contribution < 1.29 is 56.0 Å². The van der Waals surface area contributed by atoms with Crippen molar-refractivity contribution in [1.82, 2.24) is 101 Å². The molecule has 2 aliphatic heterocycles. The van der Waals surface area contributed by atoms with E-state index in [4.69, 9.17) is 19.8 Å². The molecule has 0 bridgehead atoms. The van der Waals surface area contributed by atoms with Crippen LogP contribution in [0, 0.1) is 83.7 Å². The topological polar surface area (TPSA) is 407 Å². The highest BCUT2D eigenvalue weighted by molar-refractivity contribution is 5.96. The van der Waals surface area contributed by atoms with Gasteiger partial charge in [-0.1, -0.05) is 142 Å². The normalized spacial score (nSPS) is 13.3. The Balaban J connectivity index is 0.000000142. The smallest absolute Gasteiger partial charge is 0.274 e. The van der Waals surface area contributed by atoms with Crippen LogP contribution in [0.2, 0.25) is 0 Å². The van der Waals surface area contributed by atoms with Crippen LogP contribution in [0.4, 0.5) is 18.9 Å². The number of aliphatic imine (C=N–C) groups is 2. The fourth-order valence-electron chi connectivity index (χ4n) is 16.3. The van der Waals surface area contributed by atoms with Gasteiger partial charge >= 0.3 is 0 Å². The lowest BCUT2D eigenvalue weighted by Crippen LogP contribution is -2.38. The lowest BCUT2D eigenvalue weighted by atomic mass is 9.85. The van der Waals surface area contributed by atoms with E-state index in [1.54, 1.807) is 93.6 Å². The average Bonchev–Trinajstić information content (AvgIpc) is 1.68. The zero-order chi connectivity index (χ0) is 99.1. The molecule has 5 aliphatic rings. The number of hydrogen-bond acceptors (Lipinski definition) is 20. The quantitative estimate of drug-likeness (QED) is 0.0181. The van der Waals surface area contributed by atoms with Gasteiger partial charge in [-0.15, -0.1) is 0 Å². The zero-order valence-corrected chi connectivity index (χ0v) is 81.0. The van der Waals surface area contributed by atoms with E-state index < -0.39 is 0 Å². The Morgan fingerprint density at radius 2 is 0.871 bits per heavy atom. The van der Waals surface area contributed by atoms with Gasteiger partial charge in [-0.3, -0.25) is 69.3 Å². The molecule has 0 saturated heterocycles. The third-order valence-corrected chi connectivity index (χ3v) is 24.9. The maximum atomic E-state index is 14.2. The van der Waals surface area contributed by atoms with Crippen LogP contribution < -0.4 is 5.73 Å². The van der Waals surface area contributed by atoms with Gasteiger partial charge in [0, 0.05) is 154 Å². The highest BCUT2D eigenvalue weighted by Gasteiger charge is 2.32. The predicted octanol–water partition coefficient (Wildman–Crippen LogP) is 16.6. The number of aliphatic hydroxyl groups is 1. The molecule has 13 aromatic rings. The van der Waals surface area contributed by atoms with E-state index in [2.05, 4.69) is 107 Å². The molecule has 3 saturated carbocycles. The Morgan fingerprint density at radius 3 is 1.30 bits per heavy atom. The Labute approximate surface area is 813 Å². The summed E-state index contributed by atoms with van der Waals surface area (Å²) in [7, 11) is 0.